The topological polar surface area (TPSA) is 126 Å². The molecular formula is C20H20F3N3O5. The first-order valence-electron chi connectivity index (χ1n) is 8.89. The number of carbonyl (C=O) groups excluding carboxylic acids is 1. The quantitative estimate of drug-likeness (QED) is 0.484. The van der Waals surface area contributed by atoms with Gasteiger partial charge in [-0.1, -0.05) is 18.2 Å². The van der Waals surface area contributed by atoms with Gasteiger partial charge in [-0.3, -0.25) is 15.1 Å². The van der Waals surface area contributed by atoms with Gasteiger partial charge < -0.3 is 20.3 Å². The standard InChI is InChI=1S/C18H16F3N3O3.C2H4O2/c19-18(20,21)12-4-2-6-14(8-12)26-10-15-9-24(17(25)27-15)13-5-1-3-11(7-13)16(22)23;1-2(3)4/h1-8,15H,9-10H2,(H3,22,23);1H3,(H,3,4). The molecule has 2 aromatic rings. The summed E-state index contributed by atoms with van der Waals surface area (Å²) in [7, 11) is 0. The number of rotatable bonds is 5. The molecule has 11 heteroatoms. The molecular weight excluding hydrogens is 419 g/mol. The van der Waals surface area contributed by atoms with Crippen LogP contribution in [0.5, 0.6) is 5.75 Å². The van der Waals surface area contributed by atoms with E-state index in [4.69, 9.17) is 30.5 Å². The van der Waals surface area contributed by atoms with Gasteiger partial charge in [0.1, 0.15) is 18.2 Å². The van der Waals surface area contributed by atoms with Crippen LogP contribution in [0.3, 0.4) is 0 Å². The number of cyclic esters (lactones) is 1. The van der Waals surface area contributed by atoms with Gasteiger partial charge in [0, 0.05) is 18.2 Å². The van der Waals surface area contributed by atoms with Crippen LogP contribution in [0.4, 0.5) is 23.7 Å². The number of amides is 1. The minimum absolute atomic E-state index is 0.0397. The Hall–Kier alpha value is -3.76. The number of nitrogens with two attached hydrogens (primary N) is 1. The molecule has 1 amide bonds. The Kier molecular flexibility index (Phi) is 7.46. The van der Waals surface area contributed by atoms with E-state index < -0.39 is 29.9 Å². The molecule has 3 rings (SSSR count). The number of benzene rings is 2. The van der Waals surface area contributed by atoms with Crippen LogP contribution in [0, 0.1) is 5.41 Å². The van der Waals surface area contributed by atoms with Gasteiger partial charge in [0.05, 0.1) is 12.1 Å². The number of carbonyl (C=O) groups is 2. The molecule has 0 radical (unpaired) electrons. The van der Waals surface area contributed by atoms with E-state index in [0.29, 0.717) is 11.3 Å². The number of carboxylic acid groups (broad SMARTS) is 1. The van der Waals surface area contributed by atoms with Crippen LogP contribution in [-0.4, -0.2) is 42.3 Å². The summed E-state index contributed by atoms with van der Waals surface area (Å²) in [5.74, 6) is -0.924. The smallest absolute Gasteiger partial charge is 0.416 e. The number of nitrogens with one attached hydrogen (secondary N) is 1. The van der Waals surface area contributed by atoms with Crippen molar-refractivity contribution < 1.29 is 37.3 Å². The summed E-state index contributed by atoms with van der Waals surface area (Å²) in [5.41, 5.74) is 5.60. The maximum absolute atomic E-state index is 12.7. The van der Waals surface area contributed by atoms with E-state index in [-0.39, 0.29) is 24.7 Å². The molecule has 0 bridgehead atoms. The fraction of sp³-hybridized carbons (Fsp3) is 0.250. The first kappa shape index (κ1) is 23.5. The van der Waals surface area contributed by atoms with Crippen molar-refractivity contribution in [3.8, 4) is 5.75 Å². The normalized spacial score (nSPS) is 15.5. The second kappa shape index (κ2) is 9.83. The molecule has 0 saturated carbocycles. The van der Waals surface area contributed by atoms with Crippen molar-refractivity contribution in [3.63, 3.8) is 0 Å². The Morgan fingerprint density at radius 2 is 1.94 bits per heavy atom. The van der Waals surface area contributed by atoms with Gasteiger partial charge in [0.15, 0.2) is 6.10 Å². The number of amidine groups is 1. The van der Waals surface area contributed by atoms with Crippen molar-refractivity contribution in [1.29, 1.82) is 5.41 Å². The maximum atomic E-state index is 12.7. The van der Waals surface area contributed by atoms with Gasteiger partial charge in [-0.2, -0.15) is 13.2 Å². The minimum Gasteiger partial charge on any atom is -0.490 e. The molecule has 1 unspecified atom stereocenters. The second-order valence-electron chi connectivity index (χ2n) is 6.44. The van der Waals surface area contributed by atoms with Gasteiger partial charge in [-0.15, -0.1) is 0 Å². The van der Waals surface area contributed by atoms with Gasteiger partial charge in [-0.25, -0.2) is 4.79 Å². The summed E-state index contributed by atoms with van der Waals surface area (Å²) < 4.78 is 48.8. The van der Waals surface area contributed by atoms with Crippen LogP contribution in [0.1, 0.15) is 18.1 Å². The van der Waals surface area contributed by atoms with Gasteiger partial charge in [0.25, 0.3) is 5.97 Å². The molecule has 0 spiro atoms. The highest BCUT2D eigenvalue weighted by atomic mass is 19.4. The van der Waals surface area contributed by atoms with Crippen LogP contribution < -0.4 is 15.4 Å². The fourth-order valence-corrected chi connectivity index (χ4v) is 2.61. The number of aliphatic carboxylic acids is 1. The molecule has 1 aliphatic heterocycles. The number of alkyl halides is 3. The van der Waals surface area contributed by atoms with Crippen LogP contribution >= 0.6 is 0 Å². The third-order valence-corrected chi connectivity index (χ3v) is 3.94. The Balaban J connectivity index is 0.000000785. The molecule has 166 valence electrons. The van der Waals surface area contributed by atoms with E-state index in [1.54, 1.807) is 24.3 Å². The molecule has 1 aliphatic rings. The van der Waals surface area contributed by atoms with E-state index in [1.165, 1.54) is 17.0 Å². The third-order valence-electron chi connectivity index (χ3n) is 3.94. The van der Waals surface area contributed by atoms with E-state index in [2.05, 4.69) is 0 Å². The molecule has 1 atom stereocenters. The average molecular weight is 439 g/mol. The van der Waals surface area contributed by atoms with E-state index in [0.717, 1.165) is 19.1 Å². The van der Waals surface area contributed by atoms with Crippen molar-refractivity contribution >= 4 is 23.6 Å². The third kappa shape index (κ3) is 6.91. The zero-order chi connectivity index (χ0) is 23.2. The van der Waals surface area contributed by atoms with E-state index in [9.17, 15) is 18.0 Å². The van der Waals surface area contributed by atoms with Crippen molar-refractivity contribution in [1.82, 2.24) is 0 Å². The molecule has 1 saturated heterocycles. The molecule has 8 nitrogen and oxygen atoms in total. The van der Waals surface area contributed by atoms with Crippen LogP contribution in [0.2, 0.25) is 0 Å². The predicted octanol–water partition coefficient (Wildman–Crippen LogP) is 3.48. The monoisotopic (exact) mass is 439 g/mol. The van der Waals surface area contributed by atoms with Crippen molar-refractivity contribution in [3.05, 3.63) is 59.7 Å². The van der Waals surface area contributed by atoms with Gasteiger partial charge >= 0.3 is 12.3 Å². The molecule has 1 heterocycles. The lowest BCUT2D eigenvalue weighted by Gasteiger charge is -2.14. The number of hydrogen-bond donors (Lipinski definition) is 3. The number of hydrogen-bond acceptors (Lipinski definition) is 5. The summed E-state index contributed by atoms with van der Waals surface area (Å²) in [5, 5.41) is 14.9. The molecule has 4 N–H and O–H groups in total. The zero-order valence-electron chi connectivity index (χ0n) is 16.3. The number of ether oxygens (including phenoxy) is 2. The Morgan fingerprint density at radius 3 is 2.55 bits per heavy atom. The van der Waals surface area contributed by atoms with E-state index >= 15 is 0 Å². The largest absolute Gasteiger partial charge is 0.490 e. The van der Waals surface area contributed by atoms with Gasteiger partial charge in [0.2, 0.25) is 0 Å². The summed E-state index contributed by atoms with van der Waals surface area (Å²) >= 11 is 0. The Bertz CT molecular complexity index is 961. The van der Waals surface area contributed by atoms with Crippen LogP contribution in [0.25, 0.3) is 0 Å². The lowest BCUT2D eigenvalue weighted by Crippen LogP contribution is -2.27. The average Bonchev–Trinajstić information content (AvgIpc) is 3.06. The molecule has 1 fully saturated rings. The Morgan fingerprint density at radius 1 is 1.29 bits per heavy atom. The van der Waals surface area contributed by atoms with Crippen molar-refractivity contribution in [2.24, 2.45) is 5.73 Å². The number of nitrogens with zero attached hydrogens (tertiary/aromatic N) is 1. The highest BCUT2D eigenvalue weighted by molar-refractivity contribution is 5.97. The number of carboxylic acids is 1. The highest BCUT2D eigenvalue weighted by Crippen LogP contribution is 2.31. The number of nitrogen functional groups attached to an aromatic ring is 1. The Labute approximate surface area is 175 Å². The highest BCUT2D eigenvalue weighted by Gasteiger charge is 2.34. The maximum Gasteiger partial charge on any atom is 0.416 e. The summed E-state index contributed by atoms with van der Waals surface area (Å²) in [6, 6.07) is 11.0. The van der Waals surface area contributed by atoms with Crippen molar-refractivity contribution in [2.45, 2.75) is 19.2 Å². The van der Waals surface area contributed by atoms with Crippen LogP contribution in [0.15, 0.2) is 48.5 Å². The first-order chi connectivity index (χ1) is 14.5. The molecule has 0 aliphatic carbocycles. The van der Waals surface area contributed by atoms with Crippen LogP contribution in [-0.2, 0) is 15.7 Å². The lowest BCUT2D eigenvalue weighted by atomic mass is 10.1. The first-order valence-corrected chi connectivity index (χ1v) is 8.89. The molecule has 2 aromatic carbocycles. The lowest BCUT2D eigenvalue weighted by molar-refractivity contribution is -0.137. The SMILES string of the molecule is CC(=O)O.N=C(N)c1cccc(N2CC(COc3cccc(C(F)(F)F)c3)OC2=O)c1. The fourth-order valence-electron chi connectivity index (χ4n) is 2.61. The summed E-state index contributed by atoms with van der Waals surface area (Å²) in [4.78, 5) is 22.4. The number of halogens is 3. The zero-order valence-corrected chi connectivity index (χ0v) is 16.3. The summed E-state index contributed by atoms with van der Waals surface area (Å²) in [6.45, 7) is 1.16. The second-order valence-corrected chi connectivity index (χ2v) is 6.44. The molecule has 31 heavy (non-hydrogen) atoms. The minimum atomic E-state index is -4.46. The summed E-state index contributed by atoms with van der Waals surface area (Å²) in [6.07, 6.45) is -5.71. The van der Waals surface area contributed by atoms with E-state index in [1.807, 2.05) is 0 Å². The predicted molar refractivity (Wildman–Crippen MR) is 105 cm³/mol. The van der Waals surface area contributed by atoms with Crippen molar-refractivity contribution in [2.75, 3.05) is 18.1 Å². The van der Waals surface area contributed by atoms with Gasteiger partial charge in [-0.05, 0) is 30.3 Å². The molecule has 0 aromatic heterocycles. The number of anilines is 1.